The maximum Gasteiger partial charge on any atom is 0.306 e. The third kappa shape index (κ3) is 3.23. The van der Waals surface area contributed by atoms with E-state index in [1.54, 1.807) is 0 Å². The van der Waals surface area contributed by atoms with Crippen molar-refractivity contribution in [2.45, 2.75) is 77.2 Å². The first-order valence-electron chi connectivity index (χ1n) is 7.35. The van der Waals surface area contributed by atoms with Gasteiger partial charge >= 0.3 is 5.97 Å². The number of hydrogen-bond donors (Lipinski definition) is 0. The number of hydrogen-bond acceptors (Lipinski definition) is 2. The van der Waals surface area contributed by atoms with E-state index in [1.165, 1.54) is 32.1 Å². The van der Waals surface area contributed by atoms with E-state index in [2.05, 4.69) is 6.92 Å². The highest BCUT2D eigenvalue weighted by Crippen LogP contribution is 2.45. The minimum absolute atomic E-state index is 0.00394. The summed E-state index contributed by atoms with van der Waals surface area (Å²) in [7, 11) is 0. The molecule has 2 fully saturated rings. The maximum absolute atomic E-state index is 11.7. The third-order valence-corrected chi connectivity index (χ3v) is 4.62. The van der Waals surface area contributed by atoms with Crippen molar-refractivity contribution in [3.05, 3.63) is 0 Å². The molecule has 2 heteroatoms. The van der Waals surface area contributed by atoms with Gasteiger partial charge in [0.25, 0.3) is 0 Å². The van der Waals surface area contributed by atoms with Crippen molar-refractivity contribution in [1.82, 2.24) is 0 Å². The van der Waals surface area contributed by atoms with Crippen molar-refractivity contribution in [3.63, 3.8) is 0 Å². The summed E-state index contributed by atoms with van der Waals surface area (Å²) in [6.45, 7) is 4.17. The average molecular weight is 238 g/mol. The minimum Gasteiger partial charge on any atom is -0.459 e. The lowest BCUT2D eigenvalue weighted by Crippen LogP contribution is -2.41. The van der Waals surface area contributed by atoms with Crippen molar-refractivity contribution >= 4 is 5.97 Å². The fraction of sp³-hybridized carbons (Fsp3) is 0.933. The number of carbonyl (C=O) groups excluding carboxylic acids is 1. The Labute approximate surface area is 105 Å². The lowest BCUT2D eigenvalue weighted by atomic mass is 9.66. The number of fused-ring (bicyclic) bond motifs is 1. The van der Waals surface area contributed by atoms with Gasteiger partial charge in [0.1, 0.15) is 5.60 Å². The van der Waals surface area contributed by atoms with Crippen LogP contribution in [0.5, 0.6) is 0 Å². The molecular weight excluding hydrogens is 212 g/mol. The Morgan fingerprint density at radius 3 is 2.65 bits per heavy atom. The number of rotatable bonds is 3. The molecule has 2 saturated carbocycles. The first-order valence-corrected chi connectivity index (χ1v) is 7.35. The van der Waals surface area contributed by atoms with Crippen molar-refractivity contribution < 1.29 is 9.53 Å². The lowest BCUT2D eigenvalue weighted by Gasteiger charge is -2.44. The third-order valence-electron chi connectivity index (χ3n) is 4.62. The monoisotopic (exact) mass is 238 g/mol. The molecule has 0 saturated heterocycles. The van der Waals surface area contributed by atoms with E-state index >= 15 is 0 Å². The standard InChI is InChI=1S/C15H26O2/c1-3-6-14(16)17-15(2)10-9-12-7-4-5-8-13(12)11-15/h12-13H,3-11H2,1-2H3. The molecule has 2 rings (SSSR count). The summed E-state index contributed by atoms with van der Waals surface area (Å²) >= 11 is 0. The van der Waals surface area contributed by atoms with Crippen molar-refractivity contribution in [1.29, 1.82) is 0 Å². The molecule has 0 aromatic rings. The van der Waals surface area contributed by atoms with E-state index in [0.29, 0.717) is 6.42 Å². The fourth-order valence-corrected chi connectivity index (χ4v) is 3.70. The Kier molecular flexibility index (Phi) is 4.11. The van der Waals surface area contributed by atoms with Crippen LogP contribution >= 0.6 is 0 Å². The van der Waals surface area contributed by atoms with Crippen LogP contribution in [-0.2, 0) is 9.53 Å². The molecule has 0 bridgehead atoms. The highest BCUT2D eigenvalue weighted by Gasteiger charge is 2.40. The van der Waals surface area contributed by atoms with Gasteiger partial charge in [-0.3, -0.25) is 4.79 Å². The predicted molar refractivity (Wildman–Crippen MR) is 68.7 cm³/mol. The summed E-state index contributed by atoms with van der Waals surface area (Å²) in [5.74, 6) is 1.74. The molecule has 2 nitrogen and oxygen atoms in total. The Morgan fingerprint density at radius 1 is 1.24 bits per heavy atom. The van der Waals surface area contributed by atoms with Gasteiger partial charge in [0.15, 0.2) is 0 Å². The Bertz CT molecular complexity index is 274. The molecule has 0 radical (unpaired) electrons. The van der Waals surface area contributed by atoms with Gasteiger partial charge in [-0.1, -0.05) is 32.6 Å². The fourth-order valence-electron chi connectivity index (χ4n) is 3.70. The SMILES string of the molecule is CCCC(=O)OC1(C)CCC2CCCCC2C1. The Hall–Kier alpha value is -0.530. The van der Waals surface area contributed by atoms with Crippen LogP contribution in [0.15, 0.2) is 0 Å². The van der Waals surface area contributed by atoms with Crippen LogP contribution in [-0.4, -0.2) is 11.6 Å². The average Bonchev–Trinajstić information content (AvgIpc) is 2.28. The van der Waals surface area contributed by atoms with E-state index in [4.69, 9.17) is 4.74 Å². The molecule has 0 aromatic carbocycles. The van der Waals surface area contributed by atoms with Gasteiger partial charge < -0.3 is 4.74 Å². The van der Waals surface area contributed by atoms with Gasteiger partial charge in [-0.15, -0.1) is 0 Å². The quantitative estimate of drug-likeness (QED) is 0.692. The van der Waals surface area contributed by atoms with Gasteiger partial charge in [-0.25, -0.2) is 0 Å². The second kappa shape index (κ2) is 5.41. The molecule has 0 amide bonds. The lowest BCUT2D eigenvalue weighted by molar-refractivity contribution is -0.165. The molecule has 0 N–H and O–H groups in total. The van der Waals surface area contributed by atoms with E-state index < -0.39 is 0 Å². The van der Waals surface area contributed by atoms with Crippen LogP contribution in [0.1, 0.15) is 71.6 Å². The molecule has 0 aromatic heterocycles. The second-order valence-electron chi connectivity index (χ2n) is 6.22. The van der Waals surface area contributed by atoms with Gasteiger partial charge in [-0.2, -0.15) is 0 Å². The highest BCUT2D eigenvalue weighted by atomic mass is 16.6. The van der Waals surface area contributed by atoms with Crippen molar-refractivity contribution in [2.75, 3.05) is 0 Å². The van der Waals surface area contributed by atoms with E-state index in [-0.39, 0.29) is 11.6 Å². The summed E-state index contributed by atoms with van der Waals surface area (Å²) in [4.78, 5) is 11.7. The zero-order valence-electron chi connectivity index (χ0n) is 11.3. The topological polar surface area (TPSA) is 26.3 Å². The molecule has 98 valence electrons. The van der Waals surface area contributed by atoms with Crippen LogP contribution < -0.4 is 0 Å². The van der Waals surface area contributed by atoms with Gasteiger partial charge in [0.2, 0.25) is 0 Å². The molecule has 2 aliphatic carbocycles. The van der Waals surface area contributed by atoms with Crippen LogP contribution in [0.4, 0.5) is 0 Å². The van der Waals surface area contributed by atoms with Crippen molar-refractivity contribution in [3.8, 4) is 0 Å². The van der Waals surface area contributed by atoms with Gasteiger partial charge in [0.05, 0.1) is 0 Å². The number of esters is 1. The number of ether oxygens (including phenoxy) is 1. The van der Waals surface area contributed by atoms with Crippen LogP contribution in [0.3, 0.4) is 0 Å². The first-order chi connectivity index (χ1) is 8.13. The number of carbonyl (C=O) groups is 1. The van der Waals surface area contributed by atoms with Gasteiger partial charge in [0, 0.05) is 6.42 Å². The first kappa shape index (κ1) is 12.9. The molecule has 3 atom stereocenters. The zero-order valence-corrected chi connectivity index (χ0v) is 11.3. The molecule has 2 aliphatic rings. The summed E-state index contributed by atoms with van der Waals surface area (Å²) in [5.41, 5.74) is -0.162. The molecular formula is C15H26O2. The van der Waals surface area contributed by atoms with E-state index in [1.807, 2.05) is 6.92 Å². The maximum atomic E-state index is 11.7. The Morgan fingerprint density at radius 2 is 1.94 bits per heavy atom. The summed E-state index contributed by atoms with van der Waals surface area (Å²) in [6.07, 6.45) is 10.4. The van der Waals surface area contributed by atoms with Crippen LogP contribution in [0.2, 0.25) is 0 Å². The van der Waals surface area contributed by atoms with Crippen LogP contribution in [0.25, 0.3) is 0 Å². The largest absolute Gasteiger partial charge is 0.459 e. The summed E-state index contributed by atoms with van der Waals surface area (Å²) in [6, 6.07) is 0. The summed E-state index contributed by atoms with van der Waals surface area (Å²) < 4.78 is 5.73. The minimum atomic E-state index is -0.162. The molecule has 0 aliphatic heterocycles. The Balaban J connectivity index is 1.90. The van der Waals surface area contributed by atoms with E-state index in [9.17, 15) is 4.79 Å². The van der Waals surface area contributed by atoms with Gasteiger partial charge in [-0.05, 0) is 44.4 Å². The molecule has 3 unspecified atom stereocenters. The molecule has 0 spiro atoms. The zero-order chi connectivity index (χ0) is 12.3. The molecule has 0 heterocycles. The smallest absolute Gasteiger partial charge is 0.306 e. The van der Waals surface area contributed by atoms with Crippen molar-refractivity contribution in [2.24, 2.45) is 11.8 Å². The predicted octanol–water partition coefficient (Wildman–Crippen LogP) is 4.08. The highest BCUT2D eigenvalue weighted by molar-refractivity contribution is 5.69. The van der Waals surface area contributed by atoms with Crippen LogP contribution in [0, 0.1) is 11.8 Å². The second-order valence-corrected chi connectivity index (χ2v) is 6.22. The normalized spacial score (nSPS) is 37.3. The molecule has 17 heavy (non-hydrogen) atoms. The van der Waals surface area contributed by atoms with E-state index in [0.717, 1.165) is 31.1 Å². The summed E-state index contributed by atoms with van der Waals surface area (Å²) in [5, 5.41) is 0.